The van der Waals surface area contributed by atoms with E-state index in [1.807, 2.05) is 41.9 Å². The summed E-state index contributed by atoms with van der Waals surface area (Å²) in [5.41, 5.74) is 3.50. The standard InChI is InChI=1S/C29H34N4O2/c1-19-10-9-15-31-18-22(30-27(19)31)28(35)33-24-17-29(3)25(13-7-8-14-26(29)33)32(20(2)34)23(24)16-21-11-5-4-6-12-21/h4-6,9-12,15,18,23-26H,7-8,13-14,16-17H2,1-3H3/t23-,24+,25-,26+,29-/m1/s1. The van der Waals surface area contributed by atoms with E-state index in [0.717, 1.165) is 49.7 Å². The van der Waals surface area contributed by atoms with E-state index in [2.05, 4.69) is 41.0 Å². The summed E-state index contributed by atoms with van der Waals surface area (Å²) in [6, 6.07) is 14.7. The maximum Gasteiger partial charge on any atom is 0.274 e. The number of carbonyl (C=O) groups excluding carboxylic acids is 2. The molecule has 2 saturated heterocycles. The zero-order chi connectivity index (χ0) is 24.3. The number of nitrogens with zero attached hydrogens (tertiary/aromatic N) is 4. The van der Waals surface area contributed by atoms with E-state index >= 15 is 0 Å². The Morgan fingerprint density at radius 2 is 1.74 bits per heavy atom. The fourth-order valence-corrected chi connectivity index (χ4v) is 7.48. The smallest absolute Gasteiger partial charge is 0.274 e. The lowest BCUT2D eigenvalue weighted by molar-refractivity contribution is -0.141. The van der Waals surface area contributed by atoms with Crippen LogP contribution in [-0.2, 0) is 11.2 Å². The van der Waals surface area contributed by atoms with Gasteiger partial charge in [-0.05, 0) is 49.8 Å². The average molecular weight is 471 g/mol. The maximum atomic E-state index is 14.2. The molecule has 6 heteroatoms. The molecule has 3 aromatic rings. The van der Waals surface area contributed by atoms with E-state index in [-0.39, 0.29) is 41.4 Å². The van der Waals surface area contributed by atoms with Crippen LogP contribution in [0.25, 0.3) is 5.65 Å². The van der Waals surface area contributed by atoms with Gasteiger partial charge in [0, 0.05) is 36.8 Å². The van der Waals surface area contributed by atoms with Crippen LogP contribution in [0.1, 0.15) is 67.6 Å². The molecule has 3 fully saturated rings. The minimum atomic E-state index is -0.0925. The number of piperidine rings is 1. The van der Waals surface area contributed by atoms with E-state index < -0.39 is 0 Å². The van der Waals surface area contributed by atoms with Crippen LogP contribution in [0.3, 0.4) is 0 Å². The number of fused-ring (bicyclic) bond motifs is 2. The maximum absolute atomic E-state index is 14.2. The van der Waals surface area contributed by atoms with Gasteiger partial charge in [0.05, 0.1) is 12.1 Å². The summed E-state index contributed by atoms with van der Waals surface area (Å²) in [7, 11) is 0. The first kappa shape index (κ1) is 22.3. The van der Waals surface area contributed by atoms with Crippen LogP contribution in [0.5, 0.6) is 0 Å². The highest BCUT2D eigenvalue weighted by Gasteiger charge is 2.63. The van der Waals surface area contributed by atoms with Crippen molar-refractivity contribution in [2.75, 3.05) is 0 Å². The predicted octanol–water partition coefficient (Wildman–Crippen LogP) is 4.65. The Hall–Kier alpha value is -3.15. The summed E-state index contributed by atoms with van der Waals surface area (Å²) < 4.78 is 1.95. The molecule has 0 radical (unpaired) electrons. The second-order valence-corrected chi connectivity index (χ2v) is 11.0. The second-order valence-electron chi connectivity index (χ2n) is 11.0. The SMILES string of the molecule is CC(=O)N1[C@H](Cc2ccccc2)[C@@H]2C[C@@]3(C)[C@H](CCCC[C@@H]13)N2C(=O)c1cn2cccc(C)c2n1. The van der Waals surface area contributed by atoms with Gasteiger partial charge in [-0.1, -0.05) is 56.2 Å². The molecule has 1 aromatic carbocycles. The summed E-state index contributed by atoms with van der Waals surface area (Å²) in [5.74, 6) is 0.140. The monoisotopic (exact) mass is 470 g/mol. The number of imidazole rings is 1. The number of carbonyl (C=O) groups is 2. The molecule has 0 unspecified atom stereocenters. The fourth-order valence-electron chi connectivity index (χ4n) is 7.48. The van der Waals surface area contributed by atoms with E-state index in [1.54, 1.807) is 6.92 Å². The molecule has 1 saturated carbocycles. The zero-order valence-corrected chi connectivity index (χ0v) is 20.9. The van der Waals surface area contributed by atoms with E-state index in [1.165, 1.54) is 5.56 Å². The molecule has 5 atom stereocenters. The molecule has 2 bridgehead atoms. The number of rotatable bonds is 3. The van der Waals surface area contributed by atoms with Crippen LogP contribution in [0.15, 0.2) is 54.9 Å². The fraction of sp³-hybridized carbons (Fsp3) is 0.483. The van der Waals surface area contributed by atoms with Gasteiger partial charge >= 0.3 is 0 Å². The first-order chi connectivity index (χ1) is 16.9. The second kappa shape index (κ2) is 8.21. The topological polar surface area (TPSA) is 57.9 Å². The first-order valence-electron chi connectivity index (χ1n) is 13.0. The number of amides is 2. The number of aryl methyl sites for hydroxylation is 1. The third-order valence-electron chi connectivity index (χ3n) is 8.99. The van der Waals surface area contributed by atoms with Gasteiger partial charge in [-0.15, -0.1) is 0 Å². The van der Waals surface area contributed by atoms with Gasteiger partial charge < -0.3 is 14.2 Å². The van der Waals surface area contributed by atoms with Crippen LogP contribution < -0.4 is 0 Å². The van der Waals surface area contributed by atoms with E-state index in [0.29, 0.717) is 5.69 Å². The molecular formula is C29H34N4O2. The normalized spacial score (nSPS) is 29.9. The van der Waals surface area contributed by atoms with Crippen molar-refractivity contribution in [3.63, 3.8) is 0 Å². The Labute approximate surface area is 206 Å². The van der Waals surface area contributed by atoms with Gasteiger partial charge in [-0.2, -0.15) is 0 Å². The lowest BCUT2D eigenvalue weighted by Gasteiger charge is -2.50. The summed E-state index contributed by atoms with van der Waals surface area (Å²) in [6.07, 6.45) is 9.73. The Morgan fingerprint density at radius 3 is 2.43 bits per heavy atom. The van der Waals surface area contributed by atoms with Gasteiger partial charge in [0.25, 0.3) is 5.91 Å². The largest absolute Gasteiger partial charge is 0.334 e. The molecule has 1 aliphatic carbocycles. The van der Waals surface area contributed by atoms with E-state index in [9.17, 15) is 9.59 Å². The highest BCUT2D eigenvalue weighted by molar-refractivity contribution is 5.94. The summed E-state index contributed by atoms with van der Waals surface area (Å²) >= 11 is 0. The van der Waals surface area contributed by atoms with Crippen molar-refractivity contribution in [2.24, 2.45) is 5.41 Å². The molecule has 0 spiro atoms. The van der Waals surface area contributed by atoms with Gasteiger partial charge in [0.1, 0.15) is 11.3 Å². The Morgan fingerprint density at radius 1 is 1.03 bits per heavy atom. The Bertz CT molecular complexity index is 1280. The first-order valence-corrected chi connectivity index (χ1v) is 13.0. The van der Waals surface area contributed by atoms with Crippen molar-refractivity contribution in [2.45, 2.75) is 83.5 Å². The van der Waals surface area contributed by atoms with Gasteiger partial charge in [-0.25, -0.2) is 4.98 Å². The number of hydrogen-bond acceptors (Lipinski definition) is 3. The van der Waals surface area contributed by atoms with Gasteiger partial charge in [0.2, 0.25) is 5.91 Å². The van der Waals surface area contributed by atoms with Crippen LogP contribution in [0, 0.1) is 12.3 Å². The number of likely N-dealkylation sites (tertiary alicyclic amines) is 2. The molecular weight excluding hydrogens is 436 g/mol. The van der Waals surface area contributed by atoms with Crippen LogP contribution in [0.4, 0.5) is 0 Å². The molecule has 3 aliphatic rings. The molecule has 0 N–H and O–H groups in total. The zero-order valence-electron chi connectivity index (χ0n) is 20.9. The third kappa shape index (κ3) is 3.40. The van der Waals surface area contributed by atoms with Gasteiger partial charge in [-0.3, -0.25) is 9.59 Å². The summed E-state index contributed by atoms with van der Waals surface area (Å²) in [4.78, 5) is 36.5. The van der Waals surface area contributed by atoms with Crippen molar-refractivity contribution in [3.8, 4) is 0 Å². The molecule has 6 rings (SSSR count). The van der Waals surface area contributed by atoms with Crippen molar-refractivity contribution in [3.05, 3.63) is 71.7 Å². The highest BCUT2D eigenvalue weighted by Crippen LogP contribution is 2.55. The Balaban J connectivity index is 1.46. The van der Waals surface area contributed by atoms with Crippen LogP contribution in [0.2, 0.25) is 0 Å². The molecule has 2 aromatic heterocycles. The predicted molar refractivity (Wildman–Crippen MR) is 135 cm³/mol. The summed E-state index contributed by atoms with van der Waals surface area (Å²) in [6.45, 7) is 6.07. The van der Waals surface area contributed by atoms with Crippen molar-refractivity contribution < 1.29 is 9.59 Å². The van der Waals surface area contributed by atoms with Crippen molar-refractivity contribution in [1.29, 1.82) is 0 Å². The molecule has 182 valence electrons. The minimum Gasteiger partial charge on any atom is -0.334 e. The lowest BCUT2D eigenvalue weighted by atomic mass is 9.69. The number of hydrogen-bond donors (Lipinski definition) is 0. The highest BCUT2D eigenvalue weighted by atomic mass is 16.2. The molecule has 2 aliphatic heterocycles. The number of aromatic nitrogens is 2. The molecule has 2 amide bonds. The average Bonchev–Trinajstić information content (AvgIpc) is 3.34. The quantitative estimate of drug-likeness (QED) is 0.560. The molecule has 4 heterocycles. The number of pyridine rings is 1. The van der Waals surface area contributed by atoms with Gasteiger partial charge in [0.15, 0.2) is 0 Å². The molecule has 6 nitrogen and oxygen atoms in total. The summed E-state index contributed by atoms with van der Waals surface area (Å²) in [5, 5.41) is 0. The van der Waals surface area contributed by atoms with Crippen LogP contribution >= 0.6 is 0 Å². The van der Waals surface area contributed by atoms with E-state index in [4.69, 9.17) is 4.98 Å². The molecule has 35 heavy (non-hydrogen) atoms. The third-order valence-corrected chi connectivity index (χ3v) is 8.99. The minimum absolute atomic E-state index is 0.0101. The lowest BCUT2D eigenvalue weighted by Crippen LogP contribution is -2.61. The van der Waals surface area contributed by atoms with Crippen molar-refractivity contribution >= 4 is 17.5 Å². The number of benzene rings is 1. The van der Waals surface area contributed by atoms with Crippen LogP contribution in [-0.4, -0.2) is 55.2 Å². The Kier molecular flexibility index (Phi) is 5.24. The van der Waals surface area contributed by atoms with Crippen molar-refractivity contribution in [1.82, 2.24) is 19.2 Å².